The first-order valence-corrected chi connectivity index (χ1v) is 13.3. The van der Waals surface area contributed by atoms with Crippen LogP contribution >= 0.6 is 0 Å². The molecule has 3 heterocycles. The fourth-order valence-corrected chi connectivity index (χ4v) is 5.13. The number of hydrogen-bond acceptors (Lipinski definition) is 8. The van der Waals surface area contributed by atoms with Gasteiger partial charge in [0.1, 0.15) is 11.4 Å². The van der Waals surface area contributed by atoms with Crippen molar-refractivity contribution in [1.82, 2.24) is 20.6 Å². The summed E-state index contributed by atoms with van der Waals surface area (Å²) in [6.45, 7) is 5.61. The standard InChI is InChI=1S/C27H37N7O3/c1-17(19-8-11-28-12-9-19)30-26(36)20-6-7-21(23(14-20)37-3)31-27-29-15-22-25(32-27)34(16-18-4-5-18)13-10-24(35)33(22)2/h6-7,14-15,17-19,28H,4-5,8-13,16H2,1-3H3,(H,30,36)(H,29,31,32). The lowest BCUT2D eigenvalue weighted by atomic mass is 9.91. The molecule has 198 valence electrons. The maximum Gasteiger partial charge on any atom is 0.251 e. The number of anilines is 4. The molecule has 1 aromatic carbocycles. The minimum atomic E-state index is -0.111. The number of benzene rings is 1. The van der Waals surface area contributed by atoms with Gasteiger partial charge < -0.3 is 30.5 Å². The molecule has 1 unspecified atom stereocenters. The van der Waals surface area contributed by atoms with Crippen molar-refractivity contribution in [3.8, 4) is 5.75 Å². The summed E-state index contributed by atoms with van der Waals surface area (Å²) in [6, 6.07) is 5.44. The van der Waals surface area contributed by atoms with Crippen LogP contribution in [0.3, 0.4) is 0 Å². The Hall–Kier alpha value is -3.40. The van der Waals surface area contributed by atoms with Crippen molar-refractivity contribution in [2.75, 3.05) is 55.5 Å². The Morgan fingerprint density at radius 2 is 2.03 bits per heavy atom. The van der Waals surface area contributed by atoms with Crippen molar-refractivity contribution in [3.05, 3.63) is 30.0 Å². The third-order valence-corrected chi connectivity index (χ3v) is 7.72. The number of rotatable bonds is 8. The molecule has 0 radical (unpaired) electrons. The third kappa shape index (κ3) is 5.79. The van der Waals surface area contributed by atoms with Crippen LogP contribution in [0.25, 0.3) is 0 Å². The number of ether oxygens (including phenoxy) is 1. The van der Waals surface area contributed by atoms with E-state index in [4.69, 9.17) is 9.72 Å². The first kappa shape index (κ1) is 25.3. The zero-order valence-electron chi connectivity index (χ0n) is 21.9. The van der Waals surface area contributed by atoms with E-state index in [2.05, 4.69) is 32.8 Å². The van der Waals surface area contributed by atoms with Crippen molar-refractivity contribution >= 4 is 35.0 Å². The Morgan fingerprint density at radius 1 is 1.24 bits per heavy atom. The first-order chi connectivity index (χ1) is 17.9. The zero-order valence-corrected chi connectivity index (χ0v) is 21.9. The summed E-state index contributed by atoms with van der Waals surface area (Å²) >= 11 is 0. The van der Waals surface area contributed by atoms with E-state index in [0.29, 0.717) is 47.8 Å². The number of nitrogens with zero attached hydrogens (tertiary/aromatic N) is 4. The number of amides is 2. The van der Waals surface area contributed by atoms with Crippen molar-refractivity contribution in [2.24, 2.45) is 11.8 Å². The van der Waals surface area contributed by atoms with Gasteiger partial charge in [-0.15, -0.1) is 0 Å². The first-order valence-electron chi connectivity index (χ1n) is 13.3. The van der Waals surface area contributed by atoms with Crippen LogP contribution in [0.2, 0.25) is 0 Å². The Morgan fingerprint density at radius 3 is 2.76 bits per heavy atom. The van der Waals surface area contributed by atoms with E-state index in [-0.39, 0.29) is 17.9 Å². The zero-order chi connectivity index (χ0) is 25.9. The smallest absolute Gasteiger partial charge is 0.251 e. The molecule has 0 bridgehead atoms. The number of piperidine rings is 1. The molecule has 37 heavy (non-hydrogen) atoms. The van der Waals surface area contributed by atoms with Gasteiger partial charge in [0.15, 0.2) is 5.82 Å². The van der Waals surface area contributed by atoms with Crippen LogP contribution in [-0.2, 0) is 4.79 Å². The topological polar surface area (TPSA) is 112 Å². The maximum atomic E-state index is 12.9. The fraction of sp³-hybridized carbons (Fsp3) is 0.556. The van der Waals surface area contributed by atoms with Gasteiger partial charge in [-0.2, -0.15) is 4.98 Å². The van der Waals surface area contributed by atoms with E-state index < -0.39 is 0 Å². The number of carbonyl (C=O) groups excluding carboxylic acids is 2. The van der Waals surface area contributed by atoms with E-state index >= 15 is 0 Å². The average molecular weight is 508 g/mol. The lowest BCUT2D eigenvalue weighted by Gasteiger charge is -2.28. The van der Waals surface area contributed by atoms with Crippen LogP contribution in [0.15, 0.2) is 24.4 Å². The number of aromatic nitrogens is 2. The Balaban J connectivity index is 1.33. The Bertz CT molecular complexity index is 1150. The van der Waals surface area contributed by atoms with Crippen LogP contribution in [0.5, 0.6) is 5.75 Å². The van der Waals surface area contributed by atoms with Crippen LogP contribution in [-0.4, -0.2) is 68.2 Å². The van der Waals surface area contributed by atoms with E-state index in [0.717, 1.165) is 44.0 Å². The second-order valence-corrected chi connectivity index (χ2v) is 10.4. The molecule has 1 saturated carbocycles. The molecule has 5 rings (SSSR count). The number of carbonyl (C=O) groups is 2. The minimum absolute atomic E-state index is 0.0638. The molecule has 10 nitrogen and oxygen atoms in total. The van der Waals surface area contributed by atoms with E-state index in [9.17, 15) is 9.59 Å². The molecule has 3 aliphatic rings. The van der Waals surface area contributed by atoms with Gasteiger partial charge in [-0.05, 0) is 75.7 Å². The summed E-state index contributed by atoms with van der Waals surface area (Å²) in [5.41, 5.74) is 1.93. The van der Waals surface area contributed by atoms with Gasteiger partial charge in [0.05, 0.1) is 19.0 Å². The second-order valence-electron chi connectivity index (χ2n) is 10.4. The van der Waals surface area contributed by atoms with Crippen LogP contribution < -0.4 is 30.5 Å². The minimum Gasteiger partial charge on any atom is -0.495 e. The fourth-order valence-electron chi connectivity index (χ4n) is 5.13. The summed E-state index contributed by atoms with van der Waals surface area (Å²) in [6.07, 6.45) is 6.73. The summed E-state index contributed by atoms with van der Waals surface area (Å²) < 4.78 is 5.61. The number of fused-ring (bicyclic) bond motifs is 1. The molecule has 3 N–H and O–H groups in total. The van der Waals surface area contributed by atoms with Crippen molar-refractivity contribution in [3.63, 3.8) is 0 Å². The lowest BCUT2D eigenvalue weighted by molar-refractivity contribution is -0.118. The highest BCUT2D eigenvalue weighted by molar-refractivity contribution is 5.97. The van der Waals surface area contributed by atoms with Gasteiger partial charge >= 0.3 is 0 Å². The van der Waals surface area contributed by atoms with Crippen LogP contribution in [0, 0.1) is 11.8 Å². The number of hydrogen-bond donors (Lipinski definition) is 3. The van der Waals surface area contributed by atoms with E-state index in [1.54, 1.807) is 37.4 Å². The second kappa shape index (κ2) is 10.9. The van der Waals surface area contributed by atoms with Crippen LogP contribution in [0.1, 0.15) is 49.4 Å². The molecular formula is C27H37N7O3. The van der Waals surface area contributed by atoms with Crippen LogP contribution in [0.4, 0.5) is 23.1 Å². The molecular weight excluding hydrogens is 470 g/mol. The Labute approximate surface area is 218 Å². The van der Waals surface area contributed by atoms with Gasteiger partial charge in [-0.25, -0.2) is 4.98 Å². The SMILES string of the molecule is COc1cc(C(=O)NC(C)C2CCNCC2)ccc1Nc1ncc2c(n1)N(CC1CC1)CCC(=O)N2C. The van der Waals surface area contributed by atoms with Gasteiger partial charge in [-0.3, -0.25) is 9.59 Å². The largest absolute Gasteiger partial charge is 0.495 e. The summed E-state index contributed by atoms with van der Waals surface area (Å²) in [4.78, 5) is 38.6. The van der Waals surface area contributed by atoms with Crippen molar-refractivity contribution in [1.29, 1.82) is 0 Å². The quantitative estimate of drug-likeness (QED) is 0.500. The highest BCUT2D eigenvalue weighted by Gasteiger charge is 2.31. The Kier molecular flexibility index (Phi) is 7.45. The molecule has 10 heteroatoms. The summed E-state index contributed by atoms with van der Waals surface area (Å²) in [5, 5.41) is 9.77. The summed E-state index contributed by atoms with van der Waals surface area (Å²) in [5.74, 6) is 2.80. The van der Waals surface area contributed by atoms with Gasteiger partial charge in [0.25, 0.3) is 5.91 Å². The molecule has 1 aliphatic carbocycles. The molecule has 2 fully saturated rings. The molecule has 2 aromatic rings. The monoisotopic (exact) mass is 507 g/mol. The number of methoxy groups -OCH3 is 1. The van der Waals surface area contributed by atoms with Crippen molar-refractivity contribution < 1.29 is 14.3 Å². The lowest BCUT2D eigenvalue weighted by Crippen LogP contribution is -2.42. The number of nitrogens with one attached hydrogen (secondary N) is 3. The van der Waals surface area contributed by atoms with Gasteiger partial charge in [0.2, 0.25) is 11.9 Å². The normalized spacial score (nSPS) is 19.2. The highest BCUT2D eigenvalue weighted by Crippen LogP contribution is 2.36. The van der Waals surface area contributed by atoms with Crippen molar-refractivity contribution in [2.45, 2.75) is 45.1 Å². The van der Waals surface area contributed by atoms with Gasteiger partial charge in [-0.1, -0.05) is 0 Å². The molecule has 0 spiro atoms. The molecule has 2 aliphatic heterocycles. The average Bonchev–Trinajstić information content (AvgIpc) is 3.75. The van der Waals surface area contributed by atoms with Gasteiger partial charge in [0, 0.05) is 38.2 Å². The van der Waals surface area contributed by atoms with E-state index in [1.807, 2.05) is 6.07 Å². The third-order valence-electron chi connectivity index (χ3n) is 7.72. The predicted octanol–water partition coefficient (Wildman–Crippen LogP) is 2.93. The predicted molar refractivity (Wildman–Crippen MR) is 144 cm³/mol. The molecule has 1 atom stereocenters. The maximum absolute atomic E-state index is 12.9. The highest BCUT2D eigenvalue weighted by atomic mass is 16.5. The molecule has 1 aromatic heterocycles. The molecule has 2 amide bonds. The summed E-state index contributed by atoms with van der Waals surface area (Å²) in [7, 11) is 3.35. The molecule has 1 saturated heterocycles. The van der Waals surface area contributed by atoms with E-state index in [1.165, 1.54) is 12.8 Å².